The summed E-state index contributed by atoms with van der Waals surface area (Å²) in [7, 11) is 0. The van der Waals surface area contributed by atoms with Crippen molar-refractivity contribution < 1.29 is 10.2 Å². The molecule has 0 fully saturated rings. The van der Waals surface area contributed by atoms with Crippen molar-refractivity contribution in [3.8, 4) is 0 Å². The number of aliphatic hydroxyl groups is 2. The van der Waals surface area contributed by atoms with E-state index in [2.05, 4.69) is 13.2 Å². The quantitative estimate of drug-likeness (QED) is 0.494. The van der Waals surface area contributed by atoms with Gasteiger partial charge in [-0.15, -0.1) is 13.2 Å². The third-order valence-electron chi connectivity index (χ3n) is 0.387. The topological polar surface area (TPSA) is 40.5 Å². The van der Waals surface area contributed by atoms with Crippen LogP contribution in [0.1, 0.15) is 13.8 Å². The molecular formula is C6H14O2. The zero-order valence-electron chi connectivity index (χ0n) is 5.52. The number of rotatable bonds is 1. The molecule has 2 nitrogen and oxygen atoms in total. The SMILES string of the molecule is C=C.CC(C)(O)CO. The molecule has 0 aliphatic carbocycles. The highest BCUT2D eigenvalue weighted by atomic mass is 16.3. The molecule has 0 atom stereocenters. The van der Waals surface area contributed by atoms with E-state index in [4.69, 9.17) is 10.2 Å². The van der Waals surface area contributed by atoms with Crippen LogP contribution >= 0.6 is 0 Å². The van der Waals surface area contributed by atoms with Gasteiger partial charge in [-0.2, -0.15) is 0 Å². The average molecular weight is 118 g/mol. The fraction of sp³-hybridized carbons (Fsp3) is 0.667. The predicted molar refractivity (Wildman–Crippen MR) is 34.6 cm³/mol. The zero-order chi connectivity index (χ0) is 7.21. The van der Waals surface area contributed by atoms with E-state index in [0.717, 1.165) is 0 Å². The van der Waals surface area contributed by atoms with Crippen LogP contribution in [0.3, 0.4) is 0 Å². The second kappa shape index (κ2) is 4.81. The molecule has 8 heavy (non-hydrogen) atoms. The Morgan fingerprint density at radius 1 is 1.38 bits per heavy atom. The van der Waals surface area contributed by atoms with E-state index in [0.29, 0.717) is 0 Å². The van der Waals surface area contributed by atoms with Crippen LogP contribution in [0.2, 0.25) is 0 Å². The summed E-state index contributed by atoms with van der Waals surface area (Å²) < 4.78 is 0. The summed E-state index contributed by atoms with van der Waals surface area (Å²) in [4.78, 5) is 0. The lowest BCUT2D eigenvalue weighted by atomic mass is 10.2. The first-order valence-corrected chi connectivity index (χ1v) is 2.39. The average Bonchev–Trinajstić information content (AvgIpc) is 1.71. The maximum Gasteiger partial charge on any atom is 0.0821 e. The Labute approximate surface area is 50.5 Å². The maximum absolute atomic E-state index is 8.58. The van der Waals surface area contributed by atoms with Gasteiger partial charge in [0.05, 0.1) is 12.2 Å². The number of hydrogen-bond acceptors (Lipinski definition) is 2. The molecule has 50 valence electrons. The Morgan fingerprint density at radius 3 is 1.50 bits per heavy atom. The molecule has 0 aromatic heterocycles. The Morgan fingerprint density at radius 2 is 1.50 bits per heavy atom. The van der Waals surface area contributed by atoms with E-state index >= 15 is 0 Å². The molecule has 2 N–H and O–H groups in total. The lowest BCUT2D eigenvalue weighted by Crippen LogP contribution is -2.23. The lowest BCUT2D eigenvalue weighted by molar-refractivity contribution is 0.0183. The minimum atomic E-state index is -0.903. The van der Waals surface area contributed by atoms with Gasteiger partial charge in [0.25, 0.3) is 0 Å². The third-order valence-corrected chi connectivity index (χ3v) is 0.387. The fourth-order valence-corrected chi connectivity index (χ4v) is 0. The molecule has 0 spiro atoms. The van der Waals surface area contributed by atoms with Crippen molar-refractivity contribution >= 4 is 0 Å². The fourth-order valence-electron chi connectivity index (χ4n) is 0. The molecule has 0 saturated carbocycles. The van der Waals surface area contributed by atoms with E-state index in [9.17, 15) is 0 Å². The summed E-state index contributed by atoms with van der Waals surface area (Å²) >= 11 is 0. The zero-order valence-corrected chi connectivity index (χ0v) is 5.52. The molecule has 0 aromatic rings. The van der Waals surface area contributed by atoms with Gasteiger partial charge in [-0.25, -0.2) is 0 Å². The minimum Gasteiger partial charge on any atom is -0.393 e. The first-order valence-electron chi connectivity index (χ1n) is 2.39. The highest BCUT2D eigenvalue weighted by Gasteiger charge is 2.07. The summed E-state index contributed by atoms with van der Waals surface area (Å²) in [5, 5.41) is 16.7. The third kappa shape index (κ3) is 17.4. The lowest BCUT2D eigenvalue weighted by Gasteiger charge is -2.10. The summed E-state index contributed by atoms with van der Waals surface area (Å²) in [6.07, 6.45) is 0. The van der Waals surface area contributed by atoms with Crippen LogP contribution in [0.5, 0.6) is 0 Å². The molecule has 0 radical (unpaired) electrons. The Balaban J connectivity index is 0. The first kappa shape index (κ1) is 10.6. The highest BCUT2D eigenvalue weighted by Crippen LogP contribution is 1.95. The smallest absolute Gasteiger partial charge is 0.0821 e. The van der Waals surface area contributed by atoms with E-state index in [1.165, 1.54) is 0 Å². The molecule has 0 aliphatic heterocycles. The Kier molecular flexibility index (Phi) is 6.38. The van der Waals surface area contributed by atoms with Crippen molar-refractivity contribution in [2.45, 2.75) is 19.4 Å². The molecule has 0 amide bonds. The molecule has 0 aliphatic rings. The number of hydrogen-bond donors (Lipinski definition) is 2. The molecule has 0 bridgehead atoms. The monoisotopic (exact) mass is 118 g/mol. The Hall–Kier alpha value is -0.340. The maximum atomic E-state index is 8.58. The highest BCUT2D eigenvalue weighted by molar-refractivity contribution is 4.59. The molecule has 0 aromatic carbocycles. The summed E-state index contributed by atoms with van der Waals surface area (Å²) in [5.74, 6) is 0. The van der Waals surface area contributed by atoms with Gasteiger partial charge in [0, 0.05) is 0 Å². The molecule has 0 rings (SSSR count). The van der Waals surface area contributed by atoms with Crippen LogP contribution in [-0.4, -0.2) is 22.4 Å². The second-order valence-corrected chi connectivity index (χ2v) is 1.97. The van der Waals surface area contributed by atoms with E-state index in [1.807, 2.05) is 0 Å². The van der Waals surface area contributed by atoms with Gasteiger partial charge >= 0.3 is 0 Å². The van der Waals surface area contributed by atoms with E-state index < -0.39 is 5.60 Å². The van der Waals surface area contributed by atoms with Crippen molar-refractivity contribution in [3.63, 3.8) is 0 Å². The first-order chi connectivity index (χ1) is 3.56. The van der Waals surface area contributed by atoms with Gasteiger partial charge in [-0.05, 0) is 13.8 Å². The van der Waals surface area contributed by atoms with Crippen LogP contribution in [0.15, 0.2) is 13.2 Å². The largest absolute Gasteiger partial charge is 0.393 e. The van der Waals surface area contributed by atoms with Crippen LogP contribution in [0.25, 0.3) is 0 Å². The van der Waals surface area contributed by atoms with Crippen molar-refractivity contribution in [3.05, 3.63) is 13.2 Å². The molecule has 0 saturated heterocycles. The van der Waals surface area contributed by atoms with Gasteiger partial charge in [-0.1, -0.05) is 0 Å². The van der Waals surface area contributed by atoms with Crippen LogP contribution in [-0.2, 0) is 0 Å². The van der Waals surface area contributed by atoms with Gasteiger partial charge < -0.3 is 10.2 Å². The summed E-state index contributed by atoms with van der Waals surface area (Å²) in [6.45, 7) is 8.92. The summed E-state index contributed by atoms with van der Waals surface area (Å²) in [5.41, 5.74) is -0.903. The molecule has 0 heterocycles. The Bertz CT molecular complexity index is 45.0. The summed E-state index contributed by atoms with van der Waals surface area (Å²) in [6, 6.07) is 0. The van der Waals surface area contributed by atoms with Gasteiger partial charge in [0.2, 0.25) is 0 Å². The van der Waals surface area contributed by atoms with Crippen molar-refractivity contribution in [2.24, 2.45) is 0 Å². The number of aliphatic hydroxyl groups excluding tert-OH is 1. The molecule has 0 unspecified atom stereocenters. The van der Waals surface area contributed by atoms with Gasteiger partial charge in [0.1, 0.15) is 0 Å². The van der Waals surface area contributed by atoms with E-state index in [1.54, 1.807) is 13.8 Å². The molecular weight excluding hydrogens is 104 g/mol. The van der Waals surface area contributed by atoms with Crippen molar-refractivity contribution in [2.75, 3.05) is 6.61 Å². The van der Waals surface area contributed by atoms with Crippen LogP contribution in [0, 0.1) is 0 Å². The van der Waals surface area contributed by atoms with Gasteiger partial charge in [0.15, 0.2) is 0 Å². The van der Waals surface area contributed by atoms with Crippen LogP contribution < -0.4 is 0 Å². The normalized spacial score (nSPS) is 9.50. The van der Waals surface area contributed by atoms with Gasteiger partial charge in [-0.3, -0.25) is 0 Å². The van der Waals surface area contributed by atoms with E-state index in [-0.39, 0.29) is 6.61 Å². The molecule has 2 heteroatoms. The standard InChI is InChI=1S/C4H10O2.C2H4/c1-4(2,6)3-5;1-2/h5-6H,3H2,1-2H3;1-2H2. The van der Waals surface area contributed by atoms with Crippen molar-refractivity contribution in [1.82, 2.24) is 0 Å². The minimum absolute atomic E-state index is 0.174. The predicted octanol–water partition coefficient (Wildman–Crippen LogP) is 0.552. The second-order valence-electron chi connectivity index (χ2n) is 1.97. The van der Waals surface area contributed by atoms with Crippen molar-refractivity contribution in [1.29, 1.82) is 0 Å². The van der Waals surface area contributed by atoms with Crippen LogP contribution in [0.4, 0.5) is 0 Å².